The summed E-state index contributed by atoms with van der Waals surface area (Å²) < 4.78 is 0. The number of likely N-dealkylation sites (tertiary alicyclic amines) is 1. The van der Waals surface area contributed by atoms with Gasteiger partial charge in [0.15, 0.2) is 0 Å². The molecule has 3 heterocycles. The van der Waals surface area contributed by atoms with E-state index in [0.717, 1.165) is 10.4 Å². The molecule has 6 nitrogen and oxygen atoms in total. The molecule has 0 radical (unpaired) electrons. The van der Waals surface area contributed by atoms with Gasteiger partial charge in [-0.05, 0) is 23.9 Å². The standard InChI is InChI=1S/C22H25N3O3S/c1-16(17-6-3-2-4-7-17)25-15-18(14-20(25)26)21(27)23-9-11-24(12-10-23)22(28)19-8-5-13-29-19/h2-8,13,16,18H,9-12,14-15H2,1H3/t16-,18-/m1/s1. The molecule has 2 aromatic rings. The summed E-state index contributed by atoms with van der Waals surface area (Å²) in [7, 11) is 0. The van der Waals surface area contributed by atoms with E-state index in [-0.39, 0.29) is 36.1 Å². The van der Waals surface area contributed by atoms with Crippen LogP contribution in [0, 0.1) is 5.92 Å². The first kappa shape index (κ1) is 19.6. The Kier molecular flexibility index (Phi) is 5.67. The summed E-state index contributed by atoms with van der Waals surface area (Å²) in [5, 5.41) is 1.90. The number of hydrogen-bond acceptors (Lipinski definition) is 4. The Morgan fingerprint density at radius 2 is 1.69 bits per heavy atom. The van der Waals surface area contributed by atoms with Crippen LogP contribution >= 0.6 is 11.3 Å². The minimum atomic E-state index is -0.298. The predicted octanol–water partition coefficient (Wildman–Crippen LogP) is 2.64. The van der Waals surface area contributed by atoms with Crippen molar-refractivity contribution < 1.29 is 14.4 Å². The van der Waals surface area contributed by atoms with Crippen molar-refractivity contribution in [2.75, 3.05) is 32.7 Å². The first-order valence-electron chi connectivity index (χ1n) is 10.0. The van der Waals surface area contributed by atoms with Gasteiger partial charge in [0.05, 0.1) is 16.8 Å². The lowest BCUT2D eigenvalue weighted by Gasteiger charge is -2.35. The Balaban J connectivity index is 1.34. The van der Waals surface area contributed by atoms with Crippen LogP contribution in [0.2, 0.25) is 0 Å². The fraction of sp³-hybridized carbons (Fsp3) is 0.409. The van der Waals surface area contributed by atoms with E-state index in [0.29, 0.717) is 32.7 Å². The smallest absolute Gasteiger partial charge is 0.264 e. The zero-order chi connectivity index (χ0) is 20.4. The molecule has 2 aliphatic heterocycles. The first-order valence-corrected chi connectivity index (χ1v) is 10.9. The lowest BCUT2D eigenvalue weighted by atomic mass is 10.1. The second kappa shape index (κ2) is 8.37. The molecule has 3 amide bonds. The highest BCUT2D eigenvalue weighted by Gasteiger charge is 2.39. The van der Waals surface area contributed by atoms with E-state index in [4.69, 9.17) is 0 Å². The van der Waals surface area contributed by atoms with Crippen LogP contribution in [0.3, 0.4) is 0 Å². The lowest BCUT2D eigenvalue weighted by molar-refractivity contribution is -0.137. The number of benzene rings is 1. The molecule has 0 spiro atoms. The van der Waals surface area contributed by atoms with Gasteiger partial charge in [-0.3, -0.25) is 14.4 Å². The lowest BCUT2D eigenvalue weighted by Crippen LogP contribution is -2.52. The summed E-state index contributed by atoms with van der Waals surface area (Å²) in [6.07, 6.45) is 0.268. The summed E-state index contributed by atoms with van der Waals surface area (Å²) in [5.74, 6) is -0.199. The normalized spacial score (nSPS) is 20.8. The Morgan fingerprint density at radius 1 is 1.00 bits per heavy atom. The van der Waals surface area contributed by atoms with Crippen LogP contribution in [0.1, 0.15) is 34.6 Å². The van der Waals surface area contributed by atoms with Gasteiger partial charge in [-0.1, -0.05) is 36.4 Å². The highest BCUT2D eigenvalue weighted by molar-refractivity contribution is 7.12. The topological polar surface area (TPSA) is 60.9 Å². The van der Waals surface area contributed by atoms with E-state index >= 15 is 0 Å². The fourth-order valence-electron chi connectivity index (χ4n) is 4.13. The Labute approximate surface area is 174 Å². The third-order valence-electron chi connectivity index (χ3n) is 5.87. The molecule has 1 aromatic carbocycles. The molecule has 4 rings (SSSR count). The van der Waals surface area contributed by atoms with Gasteiger partial charge in [-0.25, -0.2) is 0 Å². The van der Waals surface area contributed by atoms with Crippen molar-refractivity contribution >= 4 is 29.1 Å². The molecule has 152 valence electrons. The summed E-state index contributed by atoms with van der Waals surface area (Å²) in [6.45, 7) is 4.58. The van der Waals surface area contributed by atoms with Gasteiger partial charge in [-0.2, -0.15) is 0 Å². The van der Waals surface area contributed by atoms with Gasteiger partial charge in [0.1, 0.15) is 0 Å². The minimum absolute atomic E-state index is 0.0318. The molecule has 1 aromatic heterocycles. The third-order valence-corrected chi connectivity index (χ3v) is 6.73. The number of carbonyl (C=O) groups excluding carboxylic acids is 3. The number of carbonyl (C=O) groups is 3. The van der Waals surface area contributed by atoms with Gasteiger partial charge in [0.25, 0.3) is 5.91 Å². The van der Waals surface area contributed by atoms with Crippen molar-refractivity contribution in [1.29, 1.82) is 0 Å². The predicted molar refractivity (Wildman–Crippen MR) is 111 cm³/mol. The van der Waals surface area contributed by atoms with Crippen LogP contribution in [0.25, 0.3) is 0 Å². The second-order valence-electron chi connectivity index (χ2n) is 7.63. The van der Waals surface area contributed by atoms with Crippen molar-refractivity contribution in [2.45, 2.75) is 19.4 Å². The average molecular weight is 412 g/mol. The van der Waals surface area contributed by atoms with Crippen molar-refractivity contribution in [2.24, 2.45) is 5.92 Å². The third kappa shape index (κ3) is 4.05. The molecule has 0 N–H and O–H groups in total. The molecule has 0 aliphatic carbocycles. The van der Waals surface area contributed by atoms with Gasteiger partial charge in [-0.15, -0.1) is 11.3 Å². The van der Waals surface area contributed by atoms with E-state index in [1.807, 2.05) is 64.6 Å². The van der Waals surface area contributed by atoms with E-state index < -0.39 is 0 Å². The number of piperazine rings is 1. The SMILES string of the molecule is C[C@H](c1ccccc1)N1C[C@H](C(=O)N2CCN(C(=O)c3cccs3)CC2)CC1=O. The largest absolute Gasteiger partial charge is 0.339 e. The van der Waals surface area contributed by atoms with Crippen molar-refractivity contribution in [3.05, 3.63) is 58.3 Å². The van der Waals surface area contributed by atoms with Gasteiger partial charge in [0, 0.05) is 39.1 Å². The van der Waals surface area contributed by atoms with Crippen LogP contribution in [-0.2, 0) is 9.59 Å². The molecule has 0 unspecified atom stereocenters. The van der Waals surface area contributed by atoms with Crippen LogP contribution in [0.4, 0.5) is 0 Å². The molecular formula is C22H25N3O3S. The molecule has 2 fully saturated rings. The highest BCUT2D eigenvalue weighted by atomic mass is 32.1. The van der Waals surface area contributed by atoms with Crippen LogP contribution < -0.4 is 0 Å². The number of amides is 3. The zero-order valence-electron chi connectivity index (χ0n) is 16.5. The zero-order valence-corrected chi connectivity index (χ0v) is 17.3. The molecule has 0 saturated carbocycles. The number of thiophene rings is 1. The quantitative estimate of drug-likeness (QED) is 0.777. The van der Waals surface area contributed by atoms with Crippen LogP contribution in [0.15, 0.2) is 47.8 Å². The van der Waals surface area contributed by atoms with Gasteiger partial charge in [0.2, 0.25) is 11.8 Å². The maximum Gasteiger partial charge on any atom is 0.264 e. The Bertz CT molecular complexity index is 876. The molecule has 29 heavy (non-hydrogen) atoms. The van der Waals surface area contributed by atoms with E-state index in [9.17, 15) is 14.4 Å². The Hall–Kier alpha value is -2.67. The number of nitrogens with zero attached hydrogens (tertiary/aromatic N) is 3. The van der Waals surface area contributed by atoms with Crippen molar-refractivity contribution in [3.63, 3.8) is 0 Å². The van der Waals surface area contributed by atoms with Crippen LogP contribution in [0.5, 0.6) is 0 Å². The Morgan fingerprint density at radius 3 is 2.34 bits per heavy atom. The number of hydrogen-bond donors (Lipinski definition) is 0. The highest BCUT2D eigenvalue weighted by Crippen LogP contribution is 2.29. The maximum absolute atomic E-state index is 13.0. The van der Waals surface area contributed by atoms with E-state index in [1.54, 1.807) is 4.90 Å². The first-order chi connectivity index (χ1) is 14.0. The summed E-state index contributed by atoms with van der Waals surface area (Å²) >= 11 is 1.44. The molecular weight excluding hydrogens is 386 g/mol. The molecule has 2 saturated heterocycles. The number of rotatable bonds is 4. The fourth-order valence-corrected chi connectivity index (χ4v) is 4.82. The van der Waals surface area contributed by atoms with E-state index in [2.05, 4.69) is 0 Å². The minimum Gasteiger partial charge on any atom is -0.339 e. The summed E-state index contributed by atoms with van der Waals surface area (Å²) in [6, 6.07) is 13.6. The van der Waals surface area contributed by atoms with Crippen molar-refractivity contribution in [3.8, 4) is 0 Å². The van der Waals surface area contributed by atoms with E-state index in [1.165, 1.54) is 11.3 Å². The molecule has 2 atom stereocenters. The monoisotopic (exact) mass is 411 g/mol. The van der Waals surface area contributed by atoms with Gasteiger partial charge < -0.3 is 14.7 Å². The van der Waals surface area contributed by atoms with Crippen molar-refractivity contribution in [1.82, 2.24) is 14.7 Å². The molecule has 7 heteroatoms. The second-order valence-corrected chi connectivity index (χ2v) is 8.58. The average Bonchev–Trinajstić information content (AvgIpc) is 3.43. The summed E-state index contributed by atoms with van der Waals surface area (Å²) in [4.78, 5) is 44.2. The molecule has 0 bridgehead atoms. The van der Waals surface area contributed by atoms with Crippen LogP contribution in [-0.4, -0.2) is 65.1 Å². The van der Waals surface area contributed by atoms with Gasteiger partial charge >= 0.3 is 0 Å². The maximum atomic E-state index is 13.0. The summed E-state index contributed by atoms with van der Waals surface area (Å²) in [5.41, 5.74) is 1.08. The molecule has 2 aliphatic rings.